The maximum Gasteiger partial charge on any atom is 0.0812 e. The minimum atomic E-state index is -1.29. The highest BCUT2D eigenvalue weighted by Crippen LogP contribution is 2.35. The summed E-state index contributed by atoms with van der Waals surface area (Å²) in [6.45, 7) is 6.33. The van der Waals surface area contributed by atoms with E-state index in [-0.39, 0.29) is 5.92 Å². The zero-order valence-electron chi connectivity index (χ0n) is 17.4. The zero-order valence-corrected chi connectivity index (χ0v) is 18.3. The second-order valence-electron chi connectivity index (χ2n) is 7.47. The first-order chi connectivity index (χ1) is 13.6. The van der Waals surface area contributed by atoms with Gasteiger partial charge < -0.3 is 5.11 Å². The second-order valence-corrected chi connectivity index (χ2v) is 8.95. The molecule has 2 nitrogen and oxygen atoms in total. The molecule has 0 radical (unpaired) electrons. The third-order valence-corrected chi connectivity index (χ3v) is 6.60. The lowest BCUT2D eigenvalue weighted by atomic mass is 9.92. The van der Waals surface area contributed by atoms with E-state index in [2.05, 4.69) is 26.0 Å². The molecule has 0 spiro atoms. The normalized spacial score (nSPS) is 15.2. The van der Waals surface area contributed by atoms with E-state index in [4.69, 9.17) is 0 Å². The van der Waals surface area contributed by atoms with Gasteiger partial charge in [-0.2, -0.15) is 0 Å². The molecule has 152 valence electrons. The molecule has 0 aliphatic rings. The van der Waals surface area contributed by atoms with Gasteiger partial charge in [0.25, 0.3) is 0 Å². The third-order valence-electron chi connectivity index (χ3n) is 5.05. The van der Waals surface area contributed by atoms with Crippen molar-refractivity contribution in [3.8, 4) is 0 Å². The number of hydrogen-bond donors (Lipinski definition) is 1. The standard InChI is InChI=1S/C25H34O2S/c1-4-6-13-22(26)19-25(28(27)23-17-15-20(3)16-18-23)24(14-7-5-2)21-11-9-8-10-12-21/h8-12,15-19,22,24,26H,4-7,13-14H2,1-3H3/b25-19-/t22-,24-,28-/m0/s1. The largest absolute Gasteiger partial charge is 0.389 e. The van der Waals surface area contributed by atoms with Crippen LogP contribution in [0.25, 0.3) is 0 Å². The van der Waals surface area contributed by atoms with Gasteiger partial charge in [-0.1, -0.05) is 87.6 Å². The fourth-order valence-electron chi connectivity index (χ4n) is 3.36. The van der Waals surface area contributed by atoms with E-state index in [0.29, 0.717) is 6.42 Å². The minimum absolute atomic E-state index is 0.0552. The third kappa shape index (κ3) is 6.72. The maximum absolute atomic E-state index is 13.6. The first-order valence-electron chi connectivity index (χ1n) is 10.5. The summed E-state index contributed by atoms with van der Waals surface area (Å²) in [6.07, 6.45) is 7.12. The first kappa shape index (κ1) is 22.6. The van der Waals surface area contributed by atoms with Crippen LogP contribution >= 0.6 is 0 Å². The van der Waals surface area contributed by atoms with E-state index in [1.165, 1.54) is 5.56 Å². The van der Waals surface area contributed by atoms with Crippen LogP contribution in [-0.2, 0) is 10.8 Å². The van der Waals surface area contributed by atoms with Crippen molar-refractivity contribution in [2.75, 3.05) is 0 Å². The molecule has 0 aliphatic heterocycles. The summed E-state index contributed by atoms with van der Waals surface area (Å²) < 4.78 is 13.6. The van der Waals surface area contributed by atoms with E-state index in [9.17, 15) is 9.32 Å². The average molecular weight is 399 g/mol. The van der Waals surface area contributed by atoms with Gasteiger partial charge in [0.2, 0.25) is 0 Å². The highest BCUT2D eigenvalue weighted by Gasteiger charge is 2.23. The molecule has 2 aromatic rings. The number of aliphatic hydroxyl groups excluding tert-OH is 1. The number of hydrogen-bond acceptors (Lipinski definition) is 2. The van der Waals surface area contributed by atoms with E-state index in [1.54, 1.807) is 0 Å². The van der Waals surface area contributed by atoms with Crippen molar-refractivity contribution in [3.05, 3.63) is 76.7 Å². The number of aryl methyl sites for hydroxylation is 1. The lowest BCUT2D eigenvalue weighted by Gasteiger charge is -2.22. The van der Waals surface area contributed by atoms with Gasteiger partial charge in [-0.05, 0) is 43.5 Å². The molecule has 1 N–H and O–H groups in total. The Morgan fingerprint density at radius 2 is 1.57 bits per heavy atom. The molecule has 28 heavy (non-hydrogen) atoms. The Kier molecular flexibility index (Phi) is 9.66. The molecule has 3 atom stereocenters. The molecule has 2 aromatic carbocycles. The molecule has 0 unspecified atom stereocenters. The lowest BCUT2D eigenvalue weighted by Crippen LogP contribution is -2.13. The summed E-state index contributed by atoms with van der Waals surface area (Å²) in [5, 5.41) is 10.6. The first-order valence-corrected chi connectivity index (χ1v) is 11.6. The van der Waals surface area contributed by atoms with Gasteiger partial charge in [0, 0.05) is 15.7 Å². The Bertz CT molecular complexity index is 750. The van der Waals surface area contributed by atoms with Crippen LogP contribution < -0.4 is 0 Å². The number of rotatable bonds is 11. The van der Waals surface area contributed by atoms with Crippen molar-refractivity contribution in [1.82, 2.24) is 0 Å². The summed E-state index contributed by atoms with van der Waals surface area (Å²) in [5.74, 6) is 0.0552. The van der Waals surface area contributed by atoms with Crippen molar-refractivity contribution in [3.63, 3.8) is 0 Å². The SMILES string of the molecule is CCCC[C@H](O)/C=C(/[C@@H](CCCC)c1ccccc1)[S@@](=O)c1ccc(C)cc1. The second kappa shape index (κ2) is 12.0. The van der Waals surface area contributed by atoms with E-state index < -0.39 is 16.9 Å². The average Bonchev–Trinajstić information content (AvgIpc) is 2.72. The highest BCUT2D eigenvalue weighted by atomic mass is 32.2. The van der Waals surface area contributed by atoms with Crippen molar-refractivity contribution < 1.29 is 9.32 Å². The summed E-state index contributed by atoms with van der Waals surface area (Å²) in [4.78, 5) is 1.64. The molecule has 0 saturated heterocycles. The predicted molar refractivity (Wildman–Crippen MR) is 120 cm³/mol. The quantitative estimate of drug-likeness (QED) is 0.468. The van der Waals surface area contributed by atoms with E-state index >= 15 is 0 Å². The highest BCUT2D eigenvalue weighted by molar-refractivity contribution is 7.89. The number of allylic oxidation sites excluding steroid dienone is 1. The summed E-state index contributed by atoms with van der Waals surface area (Å²) in [5.41, 5.74) is 2.32. The van der Waals surface area contributed by atoms with Gasteiger partial charge in [0.05, 0.1) is 16.9 Å². The number of unbranched alkanes of at least 4 members (excludes halogenated alkanes) is 2. The molecule has 0 saturated carbocycles. The molecular weight excluding hydrogens is 364 g/mol. The van der Waals surface area contributed by atoms with Crippen molar-refractivity contribution >= 4 is 10.8 Å². The monoisotopic (exact) mass is 398 g/mol. The summed E-state index contributed by atoms with van der Waals surface area (Å²) in [6, 6.07) is 18.2. The fourth-order valence-corrected chi connectivity index (χ4v) is 4.81. The van der Waals surface area contributed by atoms with Gasteiger partial charge in [0.1, 0.15) is 0 Å². The van der Waals surface area contributed by atoms with Crippen LogP contribution in [0.3, 0.4) is 0 Å². The molecule has 0 heterocycles. The predicted octanol–water partition coefficient (Wildman–Crippen LogP) is 6.51. The summed E-state index contributed by atoms with van der Waals surface area (Å²) in [7, 11) is -1.29. The van der Waals surface area contributed by atoms with E-state index in [0.717, 1.165) is 47.5 Å². The Hall–Kier alpha value is -1.71. The topological polar surface area (TPSA) is 37.3 Å². The van der Waals surface area contributed by atoms with Gasteiger partial charge >= 0.3 is 0 Å². The molecule has 2 rings (SSSR count). The number of benzene rings is 2. The van der Waals surface area contributed by atoms with Gasteiger partial charge in [-0.25, -0.2) is 4.21 Å². The molecular formula is C25H34O2S. The lowest BCUT2D eigenvalue weighted by molar-refractivity contribution is 0.208. The van der Waals surface area contributed by atoms with Crippen LogP contribution in [-0.4, -0.2) is 15.4 Å². The molecule has 0 aliphatic carbocycles. The molecule has 0 amide bonds. The Balaban J connectivity index is 2.45. The molecule has 0 aromatic heterocycles. The van der Waals surface area contributed by atoms with Crippen LogP contribution in [0.2, 0.25) is 0 Å². The fraction of sp³-hybridized carbons (Fsp3) is 0.440. The van der Waals surface area contributed by atoms with Gasteiger partial charge in [0.15, 0.2) is 0 Å². The van der Waals surface area contributed by atoms with Crippen molar-refractivity contribution in [2.24, 2.45) is 0 Å². The smallest absolute Gasteiger partial charge is 0.0812 e. The van der Waals surface area contributed by atoms with Crippen LogP contribution in [0.4, 0.5) is 0 Å². The molecule has 3 heteroatoms. The number of aliphatic hydroxyl groups is 1. The van der Waals surface area contributed by atoms with Crippen LogP contribution in [0, 0.1) is 6.92 Å². The van der Waals surface area contributed by atoms with Crippen molar-refractivity contribution in [1.29, 1.82) is 0 Å². The van der Waals surface area contributed by atoms with Gasteiger partial charge in [-0.3, -0.25) is 0 Å². The van der Waals surface area contributed by atoms with E-state index in [1.807, 2.05) is 55.5 Å². The van der Waals surface area contributed by atoms with Crippen LogP contribution in [0.1, 0.15) is 69.4 Å². The Morgan fingerprint density at radius 1 is 0.964 bits per heavy atom. The summed E-state index contributed by atoms with van der Waals surface area (Å²) >= 11 is 0. The van der Waals surface area contributed by atoms with Crippen molar-refractivity contribution in [2.45, 2.75) is 76.2 Å². The molecule has 0 fully saturated rings. The van der Waals surface area contributed by atoms with Crippen LogP contribution in [0.5, 0.6) is 0 Å². The Morgan fingerprint density at radius 3 is 2.18 bits per heavy atom. The molecule has 0 bridgehead atoms. The maximum atomic E-state index is 13.6. The van der Waals surface area contributed by atoms with Crippen LogP contribution in [0.15, 0.2) is 70.5 Å². The Labute approximate surface area is 173 Å². The zero-order chi connectivity index (χ0) is 20.4. The minimum Gasteiger partial charge on any atom is -0.389 e. The van der Waals surface area contributed by atoms with Gasteiger partial charge in [-0.15, -0.1) is 0 Å².